The molecule has 94 valence electrons. The Morgan fingerprint density at radius 2 is 2.19 bits per heavy atom. The van der Waals surface area contributed by atoms with E-state index in [4.69, 9.17) is 4.74 Å². The van der Waals surface area contributed by atoms with Crippen LogP contribution >= 0.6 is 0 Å². The maximum Gasteiger partial charge on any atom is 0.243 e. The molecular formula is C12H24N2O2. The third-order valence-electron chi connectivity index (χ3n) is 3.40. The highest BCUT2D eigenvalue weighted by molar-refractivity contribution is 5.87. The summed E-state index contributed by atoms with van der Waals surface area (Å²) in [7, 11) is 1.72. The molecule has 1 N–H and O–H groups in total. The van der Waals surface area contributed by atoms with Gasteiger partial charge in [-0.1, -0.05) is 6.92 Å². The van der Waals surface area contributed by atoms with Crippen molar-refractivity contribution >= 4 is 5.91 Å². The zero-order chi connectivity index (χ0) is 12.0. The Balaban J connectivity index is 2.22. The van der Waals surface area contributed by atoms with Crippen LogP contribution < -0.4 is 5.32 Å². The van der Waals surface area contributed by atoms with Crippen molar-refractivity contribution in [3.63, 3.8) is 0 Å². The average molecular weight is 228 g/mol. The standard InChI is InChI=1S/C12H24N2O2/c1-4-12(2)11(15)14(10-13-12)8-6-5-7-9-16-3/h13H,4-10H2,1-3H3. The average Bonchev–Trinajstić information content (AvgIpc) is 2.58. The first kappa shape index (κ1) is 13.5. The summed E-state index contributed by atoms with van der Waals surface area (Å²) in [5.41, 5.74) is -0.327. The molecule has 1 fully saturated rings. The zero-order valence-corrected chi connectivity index (χ0v) is 10.7. The predicted molar refractivity (Wildman–Crippen MR) is 64.1 cm³/mol. The Morgan fingerprint density at radius 1 is 1.44 bits per heavy atom. The summed E-state index contributed by atoms with van der Waals surface area (Å²) in [4.78, 5) is 13.9. The van der Waals surface area contributed by atoms with Gasteiger partial charge in [-0.15, -0.1) is 0 Å². The summed E-state index contributed by atoms with van der Waals surface area (Å²) in [6.45, 7) is 6.42. The molecule has 0 aromatic carbocycles. The lowest BCUT2D eigenvalue weighted by Crippen LogP contribution is -2.43. The first-order valence-electron chi connectivity index (χ1n) is 6.17. The van der Waals surface area contributed by atoms with Crippen molar-refractivity contribution in [2.75, 3.05) is 26.9 Å². The van der Waals surface area contributed by atoms with Gasteiger partial charge in [-0.3, -0.25) is 10.1 Å². The second kappa shape index (κ2) is 6.21. The molecule has 4 nitrogen and oxygen atoms in total. The first-order valence-corrected chi connectivity index (χ1v) is 6.17. The minimum atomic E-state index is -0.327. The molecule has 0 aliphatic carbocycles. The number of nitrogens with zero attached hydrogens (tertiary/aromatic N) is 1. The topological polar surface area (TPSA) is 41.6 Å². The molecule has 0 aromatic rings. The molecule has 1 atom stereocenters. The van der Waals surface area contributed by atoms with Crippen LogP contribution in [0.2, 0.25) is 0 Å². The number of unbranched alkanes of at least 4 members (excludes halogenated alkanes) is 2. The SMILES string of the molecule is CCC1(C)NCN(CCCCCOC)C1=O. The number of rotatable bonds is 7. The van der Waals surface area contributed by atoms with E-state index in [0.29, 0.717) is 6.67 Å². The second-order valence-corrected chi connectivity index (χ2v) is 4.64. The van der Waals surface area contributed by atoms with Crippen LogP contribution in [0, 0.1) is 0 Å². The number of methoxy groups -OCH3 is 1. The molecule has 0 bridgehead atoms. The van der Waals surface area contributed by atoms with E-state index in [2.05, 4.69) is 5.32 Å². The summed E-state index contributed by atoms with van der Waals surface area (Å²) in [5, 5.41) is 3.29. The van der Waals surface area contributed by atoms with Gasteiger partial charge < -0.3 is 9.64 Å². The summed E-state index contributed by atoms with van der Waals surface area (Å²) in [6, 6.07) is 0. The third-order valence-corrected chi connectivity index (χ3v) is 3.40. The molecule has 1 aliphatic heterocycles. The van der Waals surface area contributed by atoms with Gasteiger partial charge in [0.15, 0.2) is 0 Å². The van der Waals surface area contributed by atoms with Crippen molar-refractivity contribution < 1.29 is 9.53 Å². The van der Waals surface area contributed by atoms with Crippen molar-refractivity contribution in [3.8, 4) is 0 Å². The van der Waals surface area contributed by atoms with Crippen LogP contribution in [0.1, 0.15) is 39.5 Å². The predicted octanol–water partition coefficient (Wildman–Crippen LogP) is 1.36. The lowest BCUT2D eigenvalue weighted by molar-refractivity contribution is -0.132. The van der Waals surface area contributed by atoms with E-state index in [-0.39, 0.29) is 11.4 Å². The van der Waals surface area contributed by atoms with Crippen LogP contribution in [0.4, 0.5) is 0 Å². The minimum absolute atomic E-state index is 0.252. The Hall–Kier alpha value is -0.610. The summed E-state index contributed by atoms with van der Waals surface area (Å²) in [6.07, 6.45) is 4.13. The van der Waals surface area contributed by atoms with Crippen LogP contribution in [-0.4, -0.2) is 43.3 Å². The highest BCUT2D eigenvalue weighted by Crippen LogP contribution is 2.19. The lowest BCUT2D eigenvalue weighted by Gasteiger charge is -2.20. The Kier molecular flexibility index (Phi) is 5.22. The van der Waals surface area contributed by atoms with Gasteiger partial charge in [-0.05, 0) is 32.6 Å². The van der Waals surface area contributed by atoms with Gasteiger partial charge in [0.2, 0.25) is 5.91 Å². The van der Waals surface area contributed by atoms with Crippen molar-refractivity contribution in [1.29, 1.82) is 0 Å². The molecule has 1 amide bonds. The monoisotopic (exact) mass is 228 g/mol. The molecule has 1 saturated heterocycles. The van der Waals surface area contributed by atoms with Crippen LogP contribution in [0.5, 0.6) is 0 Å². The Morgan fingerprint density at radius 3 is 2.75 bits per heavy atom. The molecule has 1 unspecified atom stereocenters. The lowest BCUT2D eigenvalue weighted by atomic mass is 9.99. The number of hydrogen-bond donors (Lipinski definition) is 1. The molecule has 4 heteroatoms. The Labute approximate surface area is 98.3 Å². The smallest absolute Gasteiger partial charge is 0.243 e. The molecule has 1 aliphatic rings. The first-order chi connectivity index (χ1) is 7.64. The van der Waals surface area contributed by atoms with Gasteiger partial charge in [0.25, 0.3) is 0 Å². The van der Waals surface area contributed by atoms with Gasteiger partial charge in [0.05, 0.1) is 12.2 Å². The summed E-state index contributed by atoms with van der Waals surface area (Å²) < 4.78 is 4.99. The summed E-state index contributed by atoms with van der Waals surface area (Å²) >= 11 is 0. The van der Waals surface area contributed by atoms with E-state index in [0.717, 1.165) is 38.8 Å². The van der Waals surface area contributed by atoms with E-state index >= 15 is 0 Å². The van der Waals surface area contributed by atoms with Crippen molar-refractivity contribution in [2.24, 2.45) is 0 Å². The highest BCUT2D eigenvalue weighted by atomic mass is 16.5. The molecule has 0 radical (unpaired) electrons. The number of ether oxygens (including phenoxy) is 1. The molecule has 1 heterocycles. The zero-order valence-electron chi connectivity index (χ0n) is 10.7. The van der Waals surface area contributed by atoms with Gasteiger partial charge >= 0.3 is 0 Å². The van der Waals surface area contributed by atoms with Crippen LogP contribution in [0.25, 0.3) is 0 Å². The quantitative estimate of drug-likeness (QED) is 0.669. The molecular weight excluding hydrogens is 204 g/mol. The van der Waals surface area contributed by atoms with Crippen molar-refractivity contribution in [3.05, 3.63) is 0 Å². The van der Waals surface area contributed by atoms with E-state index < -0.39 is 0 Å². The maximum absolute atomic E-state index is 12.0. The molecule has 0 saturated carbocycles. The molecule has 1 rings (SSSR count). The third kappa shape index (κ3) is 3.19. The number of carbonyl (C=O) groups is 1. The van der Waals surface area contributed by atoms with E-state index in [1.54, 1.807) is 7.11 Å². The van der Waals surface area contributed by atoms with Crippen molar-refractivity contribution in [2.45, 2.75) is 45.1 Å². The summed E-state index contributed by atoms with van der Waals surface area (Å²) in [5.74, 6) is 0.252. The van der Waals surface area contributed by atoms with Gasteiger partial charge in [0, 0.05) is 20.3 Å². The van der Waals surface area contributed by atoms with Gasteiger partial charge in [-0.2, -0.15) is 0 Å². The van der Waals surface area contributed by atoms with Crippen LogP contribution in [0.15, 0.2) is 0 Å². The van der Waals surface area contributed by atoms with Crippen LogP contribution in [-0.2, 0) is 9.53 Å². The van der Waals surface area contributed by atoms with Gasteiger partial charge in [0.1, 0.15) is 0 Å². The second-order valence-electron chi connectivity index (χ2n) is 4.64. The number of amides is 1. The normalized spacial score (nSPS) is 25.4. The molecule has 16 heavy (non-hydrogen) atoms. The maximum atomic E-state index is 12.0. The minimum Gasteiger partial charge on any atom is -0.385 e. The van der Waals surface area contributed by atoms with Crippen molar-refractivity contribution in [1.82, 2.24) is 10.2 Å². The highest BCUT2D eigenvalue weighted by Gasteiger charge is 2.40. The Bertz CT molecular complexity index is 233. The van der Waals surface area contributed by atoms with E-state index in [9.17, 15) is 4.79 Å². The molecule has 0 aromatic heterocycles. The van der Waals surface area contributed by atoms with Gasteiger partial charge in [-0.25, -0.2) is 0 Å². The number of hydrogen-bond acceptors (Lipinski definition) is 3. The van der Waals surface area contributed by atoms with E-state index in [1.165, 1.54) is 0 Å². The largest absolute Gasteiger partial charge is 0.385 e. The fourth-order valence-electron chi connectivity index (χ4n) is 1.95. The fourth-order valence-corrected chi connectivity index (χ4v) is 1.95. The molecule has 0 spiro atoms. The number of carbonyl (C=O) groups excluding carboxylic acids is 1. The van der Waals surface area contributed by atoms with E-state index in [1.807, 2.05) is 18.7 Å². The number of nitrogens with one attached hydrogen (secondary N) is 1. The van der Waals surface area contributed by atoms with Crippen LogP contribution in [0.3, 0.4) is 0 Å². The fraction of sp³-hybridized carbons (Fsp3) is 0.917.